The highest BCUT2D eigenvalue weighted by Gasteiger charge is 2.38. The lowest BCUT2D eigenvalue weighted by atomic mass is 9.87. The zero-order valence-electron chi connectivity index (χ0n) is 13.6. The predicted octanol–water partition coefficient (Wildman–Crippen LogP) is 2.14. The molecule has 2 saturated heterocycles. The molecule has 2 aliphatic heterocycles. The van der Waals surface area contributed by atoms with Gasteiger partial charge in [-0.3, -0.25) is 10.1 Å². The van der Waals surface area contributed by atoms with Crippen molar-refractivity contribution in [2.45, 2.75) is 43.0 Å². The normalized spacial score (nSPS) is 26.2. The Morgan fingerprint density at radius 2 is 1.88 bits per heavy atom. The molecule has 0 aliphatic carbocycles. The zero-order chi connectivity index (χ0) is 17.2. The van der Waals surface area contributed by atoms with E-state index in [1.807, 2.05) is 0 Å². The maximum atomic E-state index is 13.1. The van der Waals surface area contributed by atoms with E-state index in [4.69, 9.17) is 0 Å². The Labute approximate surface area is 142 Å². The molecule has 0 aromatic heterocycles. The maximum absolute atomic E-state index is 13.1. The fourth-order valence-corrected chi connectivity index (χ4v) is 5.54. The van der Waals surface area contributed by atoms with E-state index in [-0.39, 0.29) is 16.6 Å². The number of rotatable bonds is 4. The van der Waals surface area contributed by atoms with E-state index in [0.717, 1.165) is 45.2 Å². The highest BCUT2D eigenvalue weighted by atomic mass is 32.2. The first-order chi connectivity index (χ1) is 11.5. The minimum absolute atomic E-state index is 0.0201. The van der Waals surface area contributed by atoms with Crippen molar-refractivity contribution in [3.63, 3.8) is 0 Å². The molecule has 8 heteroatoms. The monoisotopic (exact) mass is 353 g/mol. The van der Waals surface area contributed by atoms with Crippen LogP contribution < -0.4 is 5.32 Å². The Morgan fingerprint density at radius 3 is 2.50 bits per heavy atom. The molecule has 0 amide bonds. The van der Waals surface area contributed by atoms with Crippen LogP contribution in [0.1, 0.15) is 32.1 Å². The summed E-state index contributed by atoms with van der Waals surface area (Å²) in [5.41, 5.74) is -0.0966. The summed E-state index contributed by atoms with van der Waals surface area (Å²) in [6.45, 7) is 2.38. The van der Waals surface area contributed by atoms with Crippen LogP contribution in [0.4, 0.5) is 5.69 Å². The maximum Gasteiger partial charge on any atom is 0.269 e. The lowest BCUT2D eigenvalue weighted by Gasteiger charge is -2.41. The molecule has 7 nitrogen and oxygen atoms in total. The van der Waals surface area contributed by atoms with Gasteiger partial charge in [-0.1, -0.05) is 6.42 Å². The van der Waals surface area contributed by atoms with Crippen LogP contribution in [0, 0.1) is 16.0 Å². The molecule has 0 saturated carbocycles. The molecule has 1 N–H and O–H groups in total. The predicted molar refractivity (Wildman–Crippen MR) is 90.2 cm³/mol. The summed E-state index contributed by atoms with van der Waals surface area (Å²) < 4.78 is 27.7. The number of nitro groups is 1. The van der Waals surface area contributed by atoms with Crippen molar-refractivity contribution in [1.29, 1.82) is 0 Å². The topological polar surface area (TPSA) is 92.5 Å². The van der Waals surface area contributed by atoms with Crippen LogP contribution in [0.3, 0.4) is 0 Å². The minimum Gasteiger partial charge on any atom is -0.316 e. The first kappa shape index (κ1) is 17.3. The van der Waals surface area contributed by atoms with Crippen molar-refractivity contribution >= 4 is 15.7 Å². The number of hydrogen-bond donors (Lipinski definition) is 1. The highest BCUT2D eigenvalue weighted by molar-refractivity contribution is 7.89. The zero-order valence-corrected chi connectivity index (χ0v) is 14.4. The lowest BCUT2D eigenvalue weighted by Crippen LogP contribution is -2.51. The van der Waals surface area contributed by atoms with Crippen LogP contribution in [0.15, 0.2) is 29.2 Å². The molecule has 2 aliphatic rings. The van der Waals surface area contributed by atoms with Gasteiger partial charge < -0.3 is 5.32 Å². The molecule has 2 heterocycles. The van der Waals surface area contributed by atoms with Crippen molar-refractivity contribution in [1.82, 2.24) is 9.62 Å². The Kier molecular flexibility index (Phi) is 5.17. The number of nitrogens with zero attached hydrogens (tertiary/aromatic N) is 2. The fraction of sp³-hybridized carbons (Fsp3) is 0.625. The average molecular weight is 353 g/mol. The summed E-state index contributed by atoms with van der Waals surface area (Å²) >= 11 is 0. The van der Waals surface area contributed by atoms with Gasteiger partial charge >= 0.3 is 0 Å². The average Bonchev–Trinajstić information content (AvgIpc) is 2.62. The van der Waals surface area contributed by atoms with Gasteiger partial charge in [0.25, 0.3) is 5.69 Å². The molecule has 0 radical (unpaired) electrons. The summed E-state index contributed by atoms with van der Waals surface area (Å²) in [6.07, 6.45) is 4.92. The van der Waals surface area contributed by atoms with Crippen LogP contribution in [0.25, 0.3) is 0 Å². The van der Waals surface area contributed by atoms with Gasteiger partial charge in [0.15, 0.2) is 0 Å². The third-order valence-corrected chi connectivity index (χ3v) is 6.97. The van der Waals surface area contributed by atoms with Gasteiger partial charge in [-0.25, -0.2) is 8.42 Å². The quantitative estimate of drug-likeness (QED) is 0.661. The summed E-state index contributed by atoms with van der Waals surface area (Å²) in [7, 11) is -3.62. The number of piperidine rings is 2. The minimum atomic E-state index is -3.62. The molecule has 2 atom stereocenters. The van der Waals surface area contributed by atoms with Gasteiger partial charge in [0.2, 0.25) is 10.0 Å². The molecule has 2 unspecified atom stereocenters. The number of sulfonamides is 1. The van der Waals surface area contributed by atoms with E-state index in [1.54, 1.807) is 4.31 Å². The van der Waals surface area contributed by atoms with Crippen LogP contribution in [-0.4, -0.2) is 43.3 Å². The molecule has 1 aromatic rings. The first-order valence-corrected chi connectivity index (χ1v) is 9.91. The molecule has 2 fully saturated rings. The molecular formula is C16H23N3O4S. The van der Waals surface area contributed by atoms with Crippen molar-refractivity contribution in [2.75, 3.05) is 19.6 Å². The van der Waals surface area contributed by atoms with E-state index in [2.05, 4.69) is 5.32 Å². The van der Waals surface area contributed by atoms with Crippen molar-refractivity contribution in [3.8, 4) is 0 Å². The second-order valence-corrected chi connectivity index (χ2v) is 8.43. The first-order valence-electron chi connectivity index (χ1n) is 8.47. The SMILES string of the molecule is O=[N+]([O-])c1ccc(S(=O)(=O)N2CCCCC2C2CCCNC2)cc1. The van der Waals surface area contributed by atoms with Crippen molar-refractivity contribution in [2.24, 2.45) is 5.92 Å². The fourth-order valence-electron chi connectivity index (χ4n) is 3.78. The molecule has 0 spiro atoms. The van der Waals surface area contributed by atoms with E-state index < -0.39 is 14.9 Å². The number of benzene rings is 1. The van der Waals surface area contributed by atoms with Gasteiger partial charge in [-0.2, -0.15) is 4.31 Å². The number of non-ortho nitro benzene ring substituents is 1. The largest absolute Gasteiger partial charge is 0.316 e. The number of hydrogen-bond acceptors (Lipinski definition) is 5. The second-order valence-electron chi connectivity index (χ2n) is 6.54. The Bertz CT molecular complexity index is 684. The molecule has 0 bridgehead atoms. The van der Waals surface area contributed by atoms with E-state index in [0.29, 0.717) is 12.5 Å². The van der Waals surface area contributed by atoms with Crippen molar-refractivity contribution < 1.29 is 13.3 Å². The Morgan fingerprint density at radius 1 is 1.12 bits per heavy atom. The third-order valence-electron chi connectivity index (χ3n) is 5.03. The van der Waals surface area contributed by atoms with Gasteiger partial charge in [0.05, 0.1) is 9.82 Å². The lowest BCUT2D eigenvalue weighted by molar-refractivity contribution is -0.384. The second kappa shape index (κ2) is 7.16. The highest BCUT2D eigenvalue weighted by Crippen LogP contribution is 2.32. The van der Waals surface area contributed by atoms with E-state index in [9.17, 15) is 18.5 Å². The number of nitro benzene ring substituents is 1. The Hall–Kier alpha value is -1.51. The van der Waals surface area contributed by atoms with Gasteiger partial charge in [0.1, 0.15) is 0 Å². The molecule has 132 valence electrons. The van der Waals surface area contributed by atoms with E-state index >= 15 is 0 Å². The Balaban J connectivity index is 1.86. The van der Waals surface area contributed by atoms with Crippen LogP contribution >= 0.6 is 0 Å². The van der Waals surface area contributed by atoms with Crippen LogP contribution in [0.2, 0.25) is 0 Å². The van der Waals surface area contributed by atoms with Crippen molar-refractivity contribution in [3.05, 3.63) is 34.4 Å². The summed E-state index contributed by atoms with van der Waals surface area (Å²) in [6, 6.07) is 5.23. The molecular weight excluding hydrogens is 330 g/mol. The summed E-state index contributed by atoms with van der Waals surface area (Å²) in [5.74, 6) is 0.340. The summed E-state index contributed by atoms with van der Waals surface area (Å²) in [5, 5.41) is 14.1. The molecule has 3 rings (SSSR count). The van der Waals surface area contributed by atoms with Gasteiger partial charge in [-0.15, -0.1) is 0 Å². The molecule has 1 aromatic carbocycles. The summed E-state index contributed by atoms with van der Waals surface area (Å²) in [4.78, 5) is 10.4. The third kappa shape index (κ3) is 3.45. The standard InChI is InChI=1S/C16H23N3O4S/c20-19(21)14-6-8-15(9-7-14)24(22,23)18-11-2-1-5-16(18)13-4-3-10-17-12-13/h6-9,13,16-17H,1-5,10-12H2. The smallest absolute Gasteiger partial charge is 0.269 e. The van der Waals surface area contributed by atoms with Crippen LogP contribution in [-0.2, 0) is 10.0 Å². The van der Waals surface area contributed by atoms with Gasteiger partial charge in [-0.05, 0) is 56.8 Å². The number of nitrogens with one attached hydrogen (secondary N) is 1. The van der Waals surface area contributed by atoms with E-state index in [1.165, 1.54) is 24.3 Å². The van der Waals surface area contributed by atoms with Gasteiger partial charge in [0, 0.05) is 24.7 Å². The van der Waals surface area contributed by atoms with Crippen LogP contribution in [0.5, 0.6) is 0 Å². The molecule has 24 heavy (non-hydrogen) atoms.